The summed E-state index contributed by atoms with van der Waals surface area (Å²) in [6, 6.07) is 5.57. The molecular formula is C16H25N3O5S2. The summed E-state index contributed by atoms with van der Waals surface area (Å²) in [5.41, 5.74) is 0.381. The molecule has 2 N–H and O–H groups in total. The molecule has 8 nitrogen and oxygen atoms in total. The Balaban J connectivity index is 2.15. The molecule has 1 amide bonds. The van der Waals surface area contributed by atoms with Crippen molar-refractivity contribution in [3.05, 3.63) is 29.8 Å². The van der Waals surface area contributed by atoms with Gasteiger partial charge in [0.25, 0.3) is 5.91 Å². The van der Waals surface area contributed by atoms with Crippen LogP contribution in [0.4, 0.5) is 0 Å². The minimum atomic E-state index is -3.57. The van der Waals surface area contributed by atoms with E-state index < -0.39 is 20.0 Å². The summed E-state index contributed by atoms with van der Waals surface area (Å²) in [6.07, 6.45) is 3.60. The lowest BCUT2D eigenvalue weighted by Crippen LogP contribution is -2.49. The Morgan fingerprint density at radius 1 is 1.12 bits per heavy atom. The van der Waals surface area contributed by atoms with Crippen LogP contribution in [0.2, 0.25) is 0 Å². The standard InChI is InChI=1S/C16H25N3O5S2/c1-3-17-26(23,24)15-9-7-13(8-10-15)16(20)19-11-5-4-6-14(19)12-18-25(2,21)22/h7-10,14,17-18H,3-6,11-12H2,1-2H3. The van der Waals surface area contributed by atoms with E-state index in [0.717, 1.165) is 25.5 Å². The topological polar surface area (TPSA) is 113 Å². The molecule has 0 aliphatic carbocycles. The fraction of sp³-hybridized carbons (Fsp3) is 0.562. The molecule has 1 aromatic rings. The Morgan fingerprint density at radius 3 is 2.35 bits per heavy atom. The molecule has 1 saturated heterocycles. The second-order valence-electron chi connectivity index (χ2n) is 6.29. The summed E-state index contributed by atoms with van der Waals surface area (Å²) < 4.78 is 51.5. The Hall–Kier alpha value is -1.49. The number of benzene rings is 1. The number of hydrogen-bond donors (Lipinski definition) is 2. The van der Waals surface area contributed by atoms with Gasteiger partial charge in [-0.3, -0.25) is 4.79 Å². The van der Waals surface area contributed by atoms with Crippen molar-refractivity contribution in [2.75, 3.05) is 25.9 Å². The molecule has 0 saturated carbocycles. The fourth-order valence-electron chi connectivity index (χ4n) is 2.94. The molecule has 2 rings (SSSR count). The van der Waals surface area contributed by atoms with E-state index in [1.54, 1.807) is 11.8 Å². The molecule has 1 aliphatic heterocycles. The first-order chi connectivity index (χ1) is 12.1. The van der Waals surface area contributed by atoms with Gasteiger partial charge in [-0.2, -0.15) is 0 Å². The first-order valence-corrected chi connectivity index (χ1v) is 11.9. The van der Waals surface area contributed by atoms with Crippen molar-refractivity contribution < 1.29 is 21.6 Å². The number of nitrogens with one attached hydrogen (secondary N) is 2. The van der Waals surface area contributed by atoms with Gasteiger partial charge in [0.2, 0.25) is 20.0 Å². The molecule has 1 fully saturated rings. The quantitative estimate of drug-likeness (QED) is 0.690. The molecule has 146 valence electrons. The van der Waals surface area contributed by atoms with Crippen LogP contribution in [0.3, 0.4) is 0 Å². The van der Waals surface area contributed by atoms with Crippen molar-refractivity contribution >= 4 is 26.0 Å². The van der Waals surface area contributed by atoms with Gasteiger partial charge in [0, 0.05) is 31.2 Å². The zero-order chi connectivity index (χ0) is 19.4. The largest absolute Gasteiger partial charge is 0.334 e. The highest BCUT2D eigenvalue weighted by molar-refractivity contribution is 7.89. The van der Waals surface area contributed by atoms with Gasteiger partial charge in [-0.1, -0.05) is 6.92 Å². The average Bonchev–Trinajstić information content (AvgIpc) is 2.59. The van der Waals surface area contributed by atoms with Gasteiger partial charge in [-0.05, 0) is 43.5 Å². The summed E-state index contributed by atoms with van der Waals surface area (Å²) in [6.45, 7) is 2.70. The maximum Gasteiger partial charge on any atom is 0.254 e. The SMILES string of the molecule is CCNS(=O)(=O)c1ccc(C(=O)N2CCCCC2CNS(C)(=O)=O)cc1. The summed E-state index contributed by atoms with van der Waals surface area (Å²) in [5.74, 6) is -0.225. The van der Waals surface area contributed by atoms with Crippen molar-refractivity contribution in [3.8, 4) is 0 Å². The lowest BCUT2D eigenvalue weighted by Gasteiger charge is -2.35. The van der Waals surface area contributed by atoms with Crippen LogP contribution in [0.1, 0.15) is 36.5 Å². The second kappa shape index (κ2) is 8.47. The van der Waals surface area contributed by atoms with Gasteiger partial charge < -0.3 is 4.90 Å². The smallest absolute Gasteiger partial charge is 0.254 e. The molecule has 1 aromatic carbocycles. The fourth-order valence-corrected chi connectivity index (χ4v) is 4.48. The zero-order valence-electron chi connectivity index (χ0n) is 14.9. The number of carbonyl (C=O) groups is 1. The number of likely N-dealkylation sites (tertiary alicyclic amines) is 1. The molecule has 0 bridgehead atoms. The van der Waals surface area contributed by atoms with Crippen LogP contribution in [0.25, 0.3) is 0 Å². The van der Waals surface area contributed by atoms with E-state index in [1.807, 2.05) is 0 Å². The van der Waals surface area contributed by atoms with Crippen molar-refractivity contribution in [3.63, 3.8) is 0 Å². The number of rotatable bonds is 7. The average molecular weight is 404 g/mol. The molecule has 1 atom stereocenters. The first kappa shape index (κ1) is 20.8. The maximum atomic E-state index is 12.8. The molecule has 26 heavy (non-hydrogen) atoms. The summed E-state index contributed by atoms with van der Waals surface area (Å²) in [7, 11) is -6.89. The summed E-state index contributed by atoms with van der Waals surface area (Å²) in [5, 5.41) is 0. The van der Waals surface area contributed by atoms with E-state index in [2.05, 4.69) is 9.44 Å². The predicted octanol–water partition coefficient (Wildman–Crippen LogP) is 0.529. The third-order valence-electron chi connectivity index (χ3n) is 4.22. The maximum absolute atomic E-state index is 12.8. The highest BCUT2D eigenvalue weighted by Crippen LogP contribution is 2.20. The molecule has 1 unspecified atom stereocenters. The molecule has 1 aliphatic rings. The van der Waals surface area contributed by atoms with Gasteiger partial charge >= 0.3 is 0 Å². The van der Waals surface area contributed by atoms with E-state index >= 15 is 0 Å². The van der Waals surface area contributed by atoms with Gasteiger partial charge in [0.05, 0.1) is 11.2 Å². The van der Waals surface area contributed by atoms with Crippen molar-refractivity contribution in [1.82, 2.24) is 14.3 Å². The lowest BCUT2D eigenvalue weighted by molar-refractivity contribution is 0.0618. The Kier molecular flexibility index (Phi) is 6.78. The number of amides is 1. The third kappa shape index (κ3) is 5.50. The molecule has 1 heterocycles. The number of piperidine rings is 1. The van der Waals surface area contributed by atoms with Gasteiger partial charge in [0.1, 0.15) is 0 Å². The van der Waals surface area contributed by atoms with Crippen LogP contribution < -0.4 is 9.44 Å². The summed E-state index contributed by atoms with van der Waals surface area (Å²) >= 11 is 0. The number of sulfonamides is 2. The van der Waals surface area contributed by atoms with Crippen LogP contribution in [-0.4, -0.2) is 59.6 Å². The predicted molar refractivity (Wildman–Crippen MR) is 98.8 cm³/mol. The number of carbonyl (C=O) groups excluding carboxylic acids is 1. The van der Waals surface area contributed by atoms with Gasteiger partial charge in [0.15, 0.2) is 0 Å². The minimum Gasteiger partial charge on any atom is -0.334 e. The molecule has 10 heteroatoms. The molecule has 0 radical (unpaired) electrons. The molecular weight excluding hydrogens is 378 g/mol. The molecule has 0 aromatic heterocycles. The van der Waals surface area contributed by atoms with Crippen molar-refractivity contribution in [2.24, 2.45) is 0 Å². The van der Waals surface area contributed by atoms with Crippen LogP contribution >= 0.6 is 0 Å². The van der Waals surface area contributed by atoms with Gasteiger partial charge in [-0.25, -0.2) is 26.3 Å². The van der Waals surface area contributed by atoms with Crippen molar-refractivity contribution in [2.45, 2.75) is 37.1 Å². The normalized spacial score (nSPS) is 18.7. The number of hydrogen-bond acceptors (Lipinski definition) is 5. The highest BCUT2D eigenvalue weighted by Gasteiger charge is 2.28. The van der Waals surface area contributed by atoms with Gasteiger partial charge in [-0.15, -0.1) is 0 Å². The van der Waals surface area contributed by atoms with Crippen molar-refractivity contribution in [1.29, 1.82) is 0 Å². The monoisotopic (exact) mass is 403 g/mol. The zero-order valence-corrected chi connectivity index (χ0v) is 16.6. The summed E-state index contributed by atoms with van der Waals surface area (Å²) in [4.78, 5) is 14.6. The third-order valence-corrected chi connectivity index (χ3v) is 6.47. The minimum absolute atomic E-state index is 0.102. The lowest BCUT2D eigenvalue weighted by atomic mass is 10.0. The number of nitrogens with zero attached hydrogens (tertiary/aromatic N) is 1. The second-order valence-corrected chi connectivity index (χ2v) is 9.89. The van der Waals surface area contributed by atoms with Crippen LogP contribution in [0.15, 0.2) is 29.2 Å². The van der Waals surface area contributed by atoms with Crippen LogP contribution in [0.5, 0.6) is 0 Å². The Labute approximate surface area is 155 Å². The Bertz CT molecular complexity index is 835. The first-order valence-electron chi connectivity index (χ1n) is 8.49. The van der Waals surface area contributed by atoms with E-state index in [1.165, 1.54) is 24.3 Å². The van der Waals surface area contributed by atoms with Crippen LogP contribution in [0, 0.1) is 0 Å². The van der Waals surface area contributed by atoms with E-state index in [9.17, 15) is 21.6 Å². The Morgan fingerprint density at radius 2 is 1.77 bits per heavy atom. The van der Waals surface area contributed by atoms with E-state index in [-0.39, 0.29) is 29.9 Å². The highest BCUT2D eigenvalue weighted by atomic mass is 32.2. The van der Waals surface area contributed by atoms with E-state index in [0.29, 0.717) is 12.1 Å². The van der Waals surface area contributed by atoms with E-state index in [4.69, 9.17) is 0 Å². The van der Waals surface area contributed by atoms with Crippen LogP contribution in [-0.2, 0) is 20.0 Å². The molecule has 0 spiro atoms.